The van der Waals surface area contributed by atoms with Crippen LogP contribution in [0.15, 0.2) is 5.16 Å². The minimum atomic E-state index is -0.109. The Morgan fingerprint density at radius 1 is 1.29 bits per heavy atom. The lowest BCUT2D eigenvalue weighted by Crippen LogP contribution is -2.25. The first-order valence-corrected chi connectivity index (χ1v) is 4.95. The highest BCUT2D eigenvalue weighted by Crippen LogP contribution is 2.30. The number of hydrogen-bond donors (Lipinski definition) is 1. The van der Waals surface area contributed by atoms with E-state index < -0.39 is 0 Å². The summed E-state index contributed by atoms with van der Waals surface area (Å²) >= 11 is 0. The number of hydrogen-bond acceptors (Lipinski definition) is 4. The van der Waals surface area contributed by atoms with Gasteiger partial charge in [-0.15, -0.1) is 0 Å². The Morgan fingerprint density at radius 2 is 1.79 bits per heavy atom. The molecule has 0 amide bonds. The third-order valence-electron chi connectivity index (χ3n) is 3.01. The van der Waals surface area contributed by atoms with Gasteiger partial charge in [-0.25, -0.2) is 0 Å². The third kappa shape index (κ3) is 2.47. The molecule has 0 aromatic carbocycles. The number of esters is 1. The maximum absolute atomic E-state index is 11.2. The van der Waals surface area contributed by atoms with E-state index in [1.54, 1.807) is 0 Å². The van der Waals surface area contributed by atoms with Crippen molar-refractivity contribution in [3.63, 3.8) is 0 Å². The summed E-state index contributed by atoms with van der Waals surface area (Å²) < 4.78 is 4.69. The van der Waals surface area contributed by atoms with Gasteiger partial charge >= 0.3 is 5.97 Å². The first kappa shape index (κ1) is 11.0. The van der Waals surface area contributed by atoms with Crippen LogP contribution in [0.1, 0.15) is 32.6 Å². The minimum Gasteiger partial charge on any atom is -0.469 e. The smallest absolute Gasteiger partial charge is 0.308 e. The maximum Gasteiger partial charge on any atom is 0.308 e. The van der Waals surface area contributed by atoms with Crippen LogP contribution in [0.5, 0.6) is 0 Å². The van der Waals surface area contributed by atoms with Crippen LogP contribution in [0, 0.1) is 11.8 Å². The van der Waals surface area contributed by atoms with Crippen LogP contribution >= 0.6 is 0 Å². The van der Waals surface area contributed by atoms with E-state index >= 15 is 0 Å². The monoisotopic (exact) mass is 199 g/mol. The zero-order valence-electron chi connectivity index (χ0n) is 8.69. The minimum absolute atomic E-state index is 0.0442. The van der Waals surface area contributed by atoms with Gasteiger partial charge in [0.1, 0.15) is 0 Å². The molecular weight excluding hydrogens is 182 g/mol. The Labute approximate surface area is 83.9 Å². The van der Waals surface area contributed by atoms with E-state index in [0.29, 0.717) is 5.92 Å². The molecule has 1 fully saturated rings. The van der Waals surface area contributed by atoms with E-state index in [0.717, 1.165) is 31.4 Å². The Bertz CT molecular complexity index is 230. The van der Waals surface area contributed by atoms with Crippen LogP contribution in [0.3, 0.4) is 0 Å². The number of rotatable bonds is 2. The van der Waals surface area contributed by atoms with E-state index in [1.807, 2.05) is 6.92 Å². The standard InChI is InChI=1S/C10H17NO3/c1-7(11-13)8-3-5-9(6-4-8)10(12)14-2/h8-9,13H,3-6H2,1-2H3/b11-7+/t8-,9-. The molecule has 0 aromatic rings. The highest BCUT2D eigenvalue weighted by Gasteiger charge is 2.28. The van der Waals surface area contributed by atoms with Gasteiger partial charge < -0.3 is 9.94 Å². The normalized spacial score (nSPS) is 28.6. The average molecular weight is 199 g/mol. The molecule has 4 heteroatoms. The fourth-order valence-electron chi connectivity index (χ4n) is 2.00. The molecule has 0 bridgehead atoms. The topological polar surface area (TPSA) is 58.9 Å². The summed E-state index contributed by atoms with van der Waals surface area (Å²) in [7, 11) is 1.43. The molecule has 0 spiro atoms. The second kappa shape index (κ2) is 4.98. The zero-order chi connectivity index (χ0) is 10.6. The lowest BCUT2D eigenvalue weighted by atomic mass is 9.80. The predicted molar refractivity (Wildman–Crippen MR) is 52.4 cm³/mol. The summed E-state index contributed by atoms with van der Waals surface area (Å²) in [6.45, 7) is 1.82. The number of methoxy groups -OCH3 is 1. The van der Waals surface area contributed by atoms with Gasteiger partial charge in [-0.1, -0.05) is 5.16 Å². The number of nitrogens with zero attached hydrogens (tertiary/aromatic N) is 1. The van der Waals surface area contributed by atoms with Gasteiger partial charge in [-0.2, -0.15) is 0 Å². The van der Waals surface area contributed by atoms with E-state index in [-0.39, 0.29) is 11.9 Å². The van der Waals surface area contributed by atoms with Crippen LogP contribution in [-0.4, -0.2) is 24.0 Å². The summed E-state index contributed by atoms with van der Waals surface area (Å²) in [6.07, 6.45) is 3.50. The van der Waals surface area contributed by atoms with Gasteiger partial charge in [0.25, 0.3) is 0 Å². The van der Waals surface area contributed by atoms with Crippen LogP contribution < -0.4 is 0 Å². The molecule has 14 heavy (non-hydrogen) atoms. The van der Waals surface area contributed by atoms with Crippen LogP contribution in [0.2, 0.25) is 0 Å². The molecule has 4 nitrogen and oxygen atoms in total. The molecule has 0 aliphatic heterocycles. The molecule has 1 aliphatic rings. The van der Waals surface area contributed by atoms with Crippen molar-refractivity contribution in [2.45, 2.75) is 32.6 Å². The van der Waals surface area contributed by atoms with Crippen molar-refractivity contribution in [3.8, 4) is 0 Å². The van der Waals surface area contributed by atoms with Crippen molar-refractivity contribution >= 4 is 11.7 Å². The van der Waals surface area contributed by atoms with Gasteiger partial charge in [-0.05, 0) is 32.6 Å². The summed E-state index contributed by atoms with van der Waals surface area (Å²) in [5.74, 6) is 0.269. The molecule has 1 saturated carbocycles. The molecule has 1 N–H and O–H groups in total. The van der Waals surface area contributed by atoms with Crippen molar-refractivity contribution < 1.29 is 14.7 Å². The third-order valence-corrected chi connectivity index (χ3v) is 3.01. The van der Waals surface area contributed by atoms with Crippen LogP contribution in [0.4, 0.5) is 0 Å². The Morgan fingerprint density at radius 3 is 2.21 bits per heavy atom. The van der Waals surface area contributed by atoms with Crippen molar-refractivity contribution in [1.82, 2.24) is 0 Å². The van der Waals surface area contributed by atoms with Crippen LogP contribution in [-0.2, 0) is 9.53 Å². The van der Waals surface area contributed by atoms with Crippen molar-refractivity contribution in [3.05, 3.63) is 0 Å². The first-order chi connectivity index (χ1) is 6.69. The Balaban J connectivity index is 2.42. The molecule has 0 atom stereocenters. The Kier molecular flexibility index (Phi) is 3.92. The number of carbonyl (C=O) groups excluding carboxylic acids is 1. The molecule has 0 saturated heterocycles. The number of ether oxygens (including phenoxy) is 1. The molecule has 0 unspecified atom stereocenters. The molecule has 0 radical (unpaired) electrons. The highest BCUT2D eigenvalue weighted by molar-refractivity contribution is 5.84. The molecule has 0 aromatic heterocycles. The van der Waals surface area contributed by atoms with E-state index in [1.165, 1.54) is 7.11 Å². The average Bonchev–Trinajstić information content (AvgIpc) is 2.27. The number of carbonyl (C=O) groups is 1. The molecule has 80 valence electrons. The summed E-state index contributed by atoms with van der Waals surface area (Å²) in [5.41, 5.74) is 0.772. The van der Waals surface area contributed by atoms with Gasteiger partial charge in [0.2, 0.25) is 0 Å². The second-order valence-electron chi connectivity index (χ2n) is 3.81. The summed E-state index contributed by atoms with van der Waals surface area (Å²) in [4.78, 5) is 11.2. The summed E-state index contributed by atoms with van der Waals surface area (Å²) in [5, 5.41) is 11.8. The Hall–Kier alpha value is -1.06. The van der Waals surface area contributed by atoms with E-state index in [4.69, 9.17) is 9.94 Å². The number of oxime groups is 1. The molecule has 0 heterocycles. The molecule has 1 rings (SSSR count). The summed E-state index contributed by atoms with van der Waals surface area (Å²) in [6, 6.07) is 0. The quantitative estimate of drug-likeness (QED) is 0.319. The van der Waals surface area contributed by atoms with Gasteiger partial charge in [0.15, 0.2) is 0 Å². The lowest BCUT2D eigenvalue weighted by Gasteiger charge is -2.26. The van der Waals surface area contributed by atoms with E-state index in [9.17, 15) is 4.79 Å². The van der Waals surface area contributed by atoms with Crippen molar-refractivity contribution in [2.24, 2.45) is 17.0 Å². The van der Waals surface area contributed by atoms with Crippen LogP contribution in [0.25, 0.3) is 0 Å². The molecular formula is C10H17NO3. The largest absolute Gasteiger partial charge is 0.469 e. The van der Waals surface area contributed by atoms with Gasteiger partial charge in [0, 0.05) is 5.92 Å². The predicted octanol–water partition coefficient (Wildman–Crippen LogP) is 1.82. The molecule has 1 aliphatic carbocycles. The first-order valence-electron chi connectivity index (χ1n) is 4.95. The SMILES string of the molecule is COC(=O)[C@H]1CC[C@H](/C(C)=N/O)CC1. The van der Waals surface area contributed by atoms with E-state index in [2.05, 4.69) is 5.16 Å². The van der Waals surface area contributed by atoms with Crippen molar-refractivity contribution in [1.29, 1.82) is 0 Å². The van der Waals surface area contributed by atoms with Gasteiger partial charge in [0.05, 0.1) is 18.7 Å². The highest BCUT2D eigenvalue weighted by atomic mass is 16.5. The maximum atomic E-state index is 11.2. The lowest BCUT2D eigenvalue weighted by molar-refractivity contribution is -0.146. The van der Waals surface area contributed by atoms with Gasteiger partial charge in [-0.3, -0.25) is 4.79 Å². The zero-order valence-corrected chi connectivity index (χ0v) is 8.69. The van der Waals surface area contributed by atoms with Crippen molar-refractivity contribution in [2.75, 3.05) is 7.11 Å². The fraction of sp³-hybridized carbons (Fsp3) is 0.800. The second-order valence-corrected chi connectivity index (χ2v) is 3.81. The fourth-order valence-corrected chi connectivity index (χ4v) is 2.00.